The van der Waals surface area contributed by atoms with Crippen molar-refractivity contribution in [3.63, 3.8) is 0 Å². The van der Waals surface area contributed by atoms with E-state index in [1.807, 2.05) is 20.8 Å². The molecule has 0 bridgehead atoms. The van der Waals surface area contributed by atoms with E-state index in [-0.39, 0.29) is 10.4 Å². The summed E-state index contributed by atoms with van der Waals surface area (Å²) < 4.78 is 0. The van der Waals surface area contributed by atoms with Gasteiger partial charge in [0, 0.05) is 0 Å². The Bertz CT molecular complexity index is 230. The standard InChI is InChI=1S/C10H17BrN2/c1-7(2)9(11)8(6-12)13-10(3,4)5/h7,9H,1-5H3. The normalized spacial score (nSPS) is 15.7. The van der Waals surface area contributed by atoms with Crippen LogP contribution in [-0.4, -0.2) is 16.1 Å². The fourth-order valence-electron chi connectivity index (χ4n) is 0.825. The van der Waals surface area contributed by atoms with Crippen molar-refractivity contribution >= 4 is 21.6 Å². The van der Waals surface area contributed by atoms with Gasteiger partial charge >= 0.3 is 0 Å². The van der Waals surface area contributed by atoms with E-state index < -0.39 is 0 Å². The minimum absolute atomic E-state index is 0.0664. The van der Waals surface area contributed by atoms with Crippen molar-refractivity contribution in [3.8, 4) is 6.07 Å². The van der Waals surface area contributed by atoms with Crippen molar-refractivity contribution in [1.29, 1.82) is 5.26 Å². The molecule has 0 aliphatic carbocycles. The van der Waals surface area contributed by atoms with Crippen LogP contribution in [-0.2, 0) is 0 Å². The first-order valence-electron chi connectivity index (χ1n) is 4.42. The number of nitriles is 1. The summed E-state index contributed by atoms with van der Waals surface area (Å²) >= 11 is 3.47. The van der Waals surface area contributed by atoms with E-state index in [0.29, 0.717) is 11.6 Å². The van der Waals surface area contributed by atoms with E-state index in [0.717, 1.165) is 0 Å². The van der Waals surface area contributed by atoms with Gasteiger partial charge in [0.2, 0.25) is 0 Å². The predicted molar refractivity (Wildman–Crippen MR) is 60.4 cm³/mol. The largest absolute Gasteiger partial charge is 0.272 e. The summed E-state index contributed by atoms with van der Waals surface area (Å²) in [4.78, 5) is 4.42. The second-order valence-electron chi connectivity index (χ2n) is 4.43. The molecule has 1 unspecified atom stereocenters. The molecule has 3 heteroatoms. The summed E-state index contributed by atoms with van der Waals surface area (Å²) in [6.45, 7) is 10.1. The summed E-state index contributed by atoms with van der Waals surface area (Å²) in [5, 5.41) is 8.90. The second-order valence-corrected chi connectivity index (χ2v) is 5.41. The Kier molecular flexibility index (Phi) is 4.63. The topological polar surface area (TPSA) is 36.1 Å². The molecule has 0 heterocycles. The van der Waals surface area contributed by atoms with E-state index in [1.54, 1.807) is 0 Å². The number of hydrogen-bond donors (Lipinski definition) is 0. The van der Waals surface area contributed by atoms with Crippen LogP contribution < -0.4 is 0 Å². The first-order valence-corrected chi connectivity index (χ1v) is 5.33. The van der Waals surface area contributed by atoms with E-state index in [2.05, 4.69) is 40.8 Å². The summed E-state index contributed by atoms with van der Waals surface area (Å²) in [5.74, 6) is 0.390. The zero-order valence-corrected chi connectivity index (χ0v) is 10.5. The molecule has 1 atom stereocenters. The smallest absolute Gasteiger partial charge is 0.126 e. The minimum atomic E-state index is -0.175. The molecule has 13 heavy (non-hydrogen) atoms. The Morgan fingerprint density at radius 1 is 1.38 bits per heavy atom. The van der Waals surface area contributed by atoms with Crippen molar-refractivity contribution in [2.75, 3.05) is 0 Å². The van der Waals surface area contributed by atoms with E-state index >= 15 is 0 Å². The van der Waals surface area contributed by atoms with Crippen LogP contribution in [0.1, 0.15) is 34.6 Å². The van der Waals surface area contributed by atoms with Gasteiger partial charge < -0.3 is 0 Å². The lowest BCUT2D eigenvalue weighted by atomic mass is 10.1. The van der Waals surface area contributed by atoms with E-state index in [9.17, 15) is 0 Å². The van der Waals surface area contributed by atoms with Crippen LogP contribution >= 0.6 is 15.9 Å². The molecule has 0 spiro atoms. The van der Waals surface area contributed by atoms with Crippen molar-refractivity contribution < 1.29 is 0 Å². The van der Waals surface area contributed by atoms with Crippen LogP contribution in [0.3, 0.4) is 0 Å². The molecule has 0 radical (unpaired) electrons. The van der Waals surface area contributed by atoms with Gasteiger partial charge in [-0.2, -0.15) is 5.26 Å². The maximum Gasteiger partial charge on any atom is 0.126 e. The average Bonchev–Trinajstić information content (AvgIpc) is 1.97. The molecule has 0 saturated carbocycles. The summed E-state index contributed by atoms with van der Waals surface area (Å²) in [7, 11) is 0. The van der Waals surface area contributed by atoms with Gasteiger partial charge in [0.25, 0.3) is 0 Å². The quantitative estimate of drug-likeness (QED) is 0.543. The van der Waals surface area contributed by atoms with Crippen LogP contribution in [0.2, 0.25) is 0 Å². The predicted octanol–water partition coefficient (Wildman–Crippen LogP) is 3.17. The molecule has 0 aromatic carbocycles. The highest BCUT2D eigenvalue weighted by atomic mass is 79.9. The van der Waals surface area contributed by atoms with E-state index in [4.69, 9.17) is 5.26 Å². The van der Waals surface area contributed by atoms with Crippen molar-refractivity contribution in [2.45, 2.75) is 45.0 Å². The first kappa shape index (κ1) is 12.6. The van der Waals surface area contributed by atoms with Gasteiger partial charge in [-0.3, -0.25) is 4.99 Å². The van der Waals surface area contributed by atoms with Crippen LogP contribution in [0.15, 0.2) is 4.99 Å². The number of nitrogens with zero attached hydrogens (tertiary/aromatic N) is 2. The summed E-state index contributed by atoms with van der Waals surface area (Å²) in [6, 6.07) is 2.14. The minimum Gasteiger partial charge on any atom is -0.272 e. The SMILES string of the molecule is CC(C)C(Br)C(C#N)=NC(C)(C)C. The Hall–Kier alpha value is -0.360. The van der Waals surface area contributed by atoms with Crippen LogP contribution in [0.4, 0.5) is 0 Å². The zero-order chi connectivity index (χ0) is 10.6. The lowest BCUT2D eigenvalue weighted by molar-refractivity contribution is 0.579. The monoisotopic (exact) mass is 244 g/mol. The molecule has 0 N–H and O–H groups in total. The lowest BCUT2D eigenvalue weighted by Gasteiger charge is -2.17. The zero-order valence-electron chi connectivity index (χ0n) is 8.93. The average molecular weight is 245 g/mol. The molecule has 0 aromatic heterocycles. The van der Waals surface area contributed by atoms with Crippen LogP contribution in [0.5, 0.6) is 0 Å². The van der Waals surface area contributed by atoms with Gasteiger partial charge in [-0.1, -0.05) is 29.8 Å². The van der Waals surface area contributed by atoms with E-state index in [1.165, 1.54) is 0 Å². The Morgan fingerprint density at radius 2 is 1.85 bits per heavy atom. The van der Waals surface area contributed by atoms with Gasteiger partial charge in [-0.25, -0.2) is 0 Å². The molecule has 0 aliphatic rings. The van der Waals surface area contributed by atoms with Crippen LogP contribution in [0, 0.1) is 17.2 Å². The summed E-state index contributed by atoms with van der Waals surface area (Å²) in [5.41, 5.74) is 0.411. The number of rotatable bonds is 2. The third-order valence-electron chi connectivity index (χ3n) is 1.42. The van der Waals surface area contributed by atoms with Gasteiger partial charge in [-0.15, -0.1) is 0 Å². The Balaban J connectivity index is 4.73. The molecule has 0 rings (SSSR count). The molecule has 0 aromatic rings. The number of aliphatic imine (C=N–C) groups is 1. The molecule has 0 fully saturated rings. The third-order valence-corrected chi connectivity index (χ3v) is 2.91. The van der Waals surface area contributed by atoms with Crippen molar-refractivity contribution in [1.82, 2.24) is 0 Å². The van der Waals surface area contributed by atoms with Crippen molar-refractivity contribution in [2.24, 2.45) is 10.9 Å². The number of hydrogen-bond acceptors (Lipinski definition) is 2. The highest BCUT2D eigenvalue weighted by molar-refractivity contribution is 9.10. The Morgan fingerprint density at radius 3 is 2.08 bits per heavy atom. The van der Waals surface area contributed by atoms with Gasteiger partial charge in [-0.05, 0) is 26.7 Å². The molecule has 0 aliphatic heterocycles. The Labute approximate surface area is 89.2 Å². The third kappa shape index (κ3) is 5.05. The van der Waals surface area contributed by atoms with Gasteiger partial charge in [0.15, 0.2) is 0 Å². The maximum absolute atomic E-state index is 8.90. The highest BCUT2D eigenvalue weighted by Crippen LogP contribution is 2.17. The first-order chi connectivity index (χ1) is 5.78. The molecule has 2 nitrogen and oxygen atoms in total. The number of halogens is 1. The molecular formula is C10H17BrN2. The second kappa shape index (κ2) is 4.76. The van der Waals surface area contributed by atoms with Crippen LogP contribution in [0.25, 0.3) is 0 Å². The molecule has 74 valence electrons. The fraction of sp³-hybridized carbons (Fsp3) is 0.800. The van der Waals surface area contributed by atoms with Gasteiger partial charge in [0.05, 0.1) is 10.4 Å². The molecule has 0 amide bonds. The molecule has 0 saturated heterocycles. The highest BCUT2D eigenvalue weighted by Gasteiger charge is 2.19. The fourth-order valence-corrected chi connectivity index (χ4v) is 1.03. The molecular weight excluding hydrogens is 228 g/mol. The van der Waals surface area contributed by atoms with Gasteiger partial charge in [0.1, 0.15) is 11.8 Å². The maximum atomic E-state index is 8.90. The lowest BCUT2D eigenvalue weighted by Crippen LogP contribution is -2.23. The van der Waals surface area contributed by atoms with Crippen molar-refractivity contribution in [3.05, 3.63) is 0 Å². The summed E-state index contributed by atoms with van der Waals surface area (Å²) in [6.07, 6.45) is 0. The number of alkyl halides is 1.